The lowest BCUT2D eigenvalue weighted by atomic mass is 10.1. The van der Waals surface area contributed by atoms with Gasteiger partial charge in [0.15, 0.2) is 0 Å². The Hall–Kier alpha value is -2.29. The van der Waals surface area contributed by atoms with Crippen LogP contribution in [0.1, 0.15) is 40.2 Å². The Kier molecular flexibility index (Phi) is 4.12. The van der Waals surface area contributed by atoms with Gasteiger partial charge in [-0.15, -0.1) is 0 Å². The second-order valence-corrected chi connectivity index (χ2v) is 6.37. The largest absolute Gasteiger partial charge is 0.416 e. The lowest BCUT2D eigenvalue weighted by Crippen LogP contribution is -2.24. The molecule has 0 radical (unpaired) electrons. The van der Waals surface area contributed by atoms with Crippen LogP contribution < -0.4 is 16.2 Å². The molecular formula is C15H14F3N3O2S. The van der Waals surface area contributed by atoms with Gasteiger partial charge in [0.05, 0.1) is 5.56 Å². The Bertz CT molecular complexity index is 837. The normalized spacial score (nSPS) is 14.5. The maximum atomic E-state index is 13.1. The number of benzene rings is 1. The molecule has 0 saturated heterocycles. The summed E-state index contributed by atoms with van der Waals surface area (Å²) in [5.41, 5.74) is -0.674. The van der Waals surface area contributed by atoms with E-state index in [2.05, 4.69) is 15.0 Å². The number of aromatic amines is 1. The maximum Gasteiger partial charge on any atom is 0.416 e. The molecule has 0 bridgehead atoms. The molecular weight excluding hydrogens is 343 g/mol. The van der Waals surface area contributed by atoms with Crippen molar-refractivity contribution in [2.24, 2.45) is 0 Å². The molecule has 128 valence electrons. The van der Waals surface area contributed by atoms with Gasteiger partial charge in [0.2, 0.25) is 0 Å². The molecule has 9 heteroatoms. The summed E-state index contributed by atoms with van der Waals surface area (Å²) < 4.78 is 41.7. The summed E-state index contributed by atoms with van der Waals surface area (Å²) in [6.07, 6.45) is -2.74. The minimum atomic E-state index is -4.46. The fourth-order valence-corrected chi connectivity index (χ4v) is 3.15. The number of aromatic nitrogens is 1. The molecule has 0 spiro atoms. The first-order valence-electron chi connectivity index (χ1n) is 7.22. The molecule has 24 heavy (non-hydrogen) atoms. The topological polar surface area (TPSA) is 74.0 Å². The number of carbonyl (C=O) groups excluding carboxylic acids is 1. The number of hydrogen-bond acceptors (Lipinski definition) is 4. The summed E-state index contributed by atoms with van der Waals surface area (Å²) in [5, 5.41) is 5.29. The molecule has 1 saturated carbocycles. The lowest BCUT2D eigenvalue weighted by molar-refractivity contribution is -0.137. The Balaban J connectivity index is 2.00. The molecule has 3 rings (SSSR count). The number of amides is 1. The Labute approximate surface area is 139 Å². The van der Waals surface area contributed by atoms with Gasteiger partial charge < -0.3 is 10.6 Å². The monoisotopic (exact) mass is 357 g/mol. The van der Waals surface area contributed by atoms with E-state index in [1.807, 2.05) is 0 Å². The number of halogens is 3. The van der Waals surface area contributed by atoms with Gasteiger partial charge in [0.25, 0.3) is 11.5 Å². The van der Waals surface area contributed by atoms with Gasteiger partial charge in [-0.25, -0.2) is 0 Å². The average molecular weight is 357 g/mol. The van der Waals surface area contributed by atoms with Crippen molar-refractivity contribution in [3.63, 3.8) is 0 Å². The van der Waals surface area contributed by atoms with Crippen molar-refractivity contribution >= 4 is 28.1 Å². The van der Waals surface area contributed by atoms with E-state index in [1.54, 1.807) is 6.07 Å². The second-order valence-electron chi connectivity index (χ2n) is 5.56. The third-order valence-corrected chi connectivity index (χ3v) is 4.54. The maximum absolute atomic E-state index is 13.1. The number of H-pyrrole nitrogens is 1. The van der Waals surface area contributed by atoms with E-state index >= 15 is 0 Å². The molecule has 2 aromatic rings. The van der Waals surface area contributed by atoms with Gasteiger partial charge in [0, 0.05) is 12.7 Å². The van der Waals surface area contributed by atoms with E-state index < -0.39 is 23.2 Å². The van der Waals surface area contributed by atoms with Crippen molar-refractivity contribution in [3.05, 3.63) is 45.2 Å². The Morgan fingerprint density at radius 3 is 2.58 bits per heavy atom. The molecule has 5 nitrogen and oxygen atoms in total. The van der Waals surface area contributed by atoms with Gasteiger partial charge in [-0.3, -0.25) is 14.0 Å². The van der Waals surface area contributed by atoms with Gasteiger partial charge in [-0.2, -0.15) is 13.2 Å². The minimum Gasteiger partial charge on any atom is -0.355 e. The number of anilines is 2. The summed E-state index contributed by atoms with van der Waals surface area (Å²) in [4.78, 5) is 23.5. The molecule has 1 aromatic heterocycles. The Morgan fingerprint density at radius 2 is 2.00 bits per heavy atom. The van der Waals surface area contributed by atoms with Crippen LogP contribution >= 0.6 is 11.5 Å². The van der Waals surface area contributed by atoms with Crippen LogP contribution in [0.15, 0.2) is 23.0 Å². The zero-order chi connectivity index (χ0) is 17.5. The predicted octanol–water partition coefficient (Wildman–Crippen LogP) is 3.44. The highest BCUT2D eigenvalue weighted by Gasteiger charge is 2.33. The van der Waals surface area contributed by atoms with Gasteiger partial charge in [-0.1, -0.05) is 0 Å². The summed E-state index contributed by atoms with van der Waals surface area (Å²) in [6.45, 7) is 0. The Morgan fingerprint density at radius 1 is 1.29 bits per heavy atom. The van der Waals surface area contributed by atoms with E-state index in [0.29, 0.717) is 5.56 Å². The molecule has 3 N–H and O–H groups in total. The zero-order valence-corrected chi connectivity index (χ0v) is 13.4. The zero-order valence-electron chi connectivity index (χ0n) is 12.6. The first kappa shape index (κ1) is 16.6. The summed E-state index contributed by atoms with van der Waals surface area (Å²) in [5.74, 6) is -0.467. The number of nitrogens with one attached hydrogen (secondary N) is 3. The highest BCUT2D eigenvalue weighted by atomic mass is 32.1. The van der Waals surface area contributed by atoms with Crippen LogP contribution in [0.4, 0.5) is 23.9 Å². The third kappa shape index (κ3) is 3.30. The van der Waals surface area contributed by atoms with E-state index in [-0.39, 0.29) is 22.2 Å². The molecule has 1 aliphatic carbocycles. The predicted molar refractivity (Wildman–Crippen MR) is 85.0 cm³/mol. The van der Waals surface area contributed by atoms with Crippen molar-refractivity contribution in [2.75, 3.05) is 12.4 Å². The SMILES string of the molecule is CNC(=O)c1c(Nc2cc(C3CC3)cc(C(F)(F)F)c2)s[nH]c1=O. The summed E-state index contributed by atoms with van der Waals surface area (Å²) >= 11 is 0.867. The molecule has 1 aromatic carbocycles. The van der Waals surface area contributed by atoms with E-state index in [1.165, 1.54) is 7.05 Å². The summed E-state index contributed by atoms with van der Waals surface area (Å²) in [6, 6.07) is 3.76. The molecule has 0 aliphatic heterocycles. The number of rotatable bonds is 4. The number of carbonyl (C=O) groups is 1. The molecule has 1 aliphatic rings. The van der Waals surface area contributed by atoms with E-state index in [9.17, 15) is 22.8 Å². The van der Waals surface area contributed by atoms with Crippen LogP contribution in [-0.4, -0.2) is 17.3 Å². The van der Waals surface area contributed by atoms with Crippen LogP contribution in [0.5, 0.6) is 0 Å². The van der Waals surface area contributed by atoms with Crippen LogP contribution in [-0.2, 0) is 6.18 Å². The van der Waals surface area contributed by atoms with Gasteiger partial charge in [0.1, 0.15) is 10.6 Å². The van der Waals surface area contributed by atoms with Crippen molar-refractivity contribution < 1.29 is 18.0 Å². The molecule has 0 unspecified atom stereocenters. The van der Waals surface area contributed by atoms with Crippen molar-refractivity contribution in [1.29, 1.82) is 0 Å². The molecule has 1 heterocycles. The highest BCUT2D eigenvalue weighted by molar-refractivity contribution is 7.10. The van der Waals surface area contributed by atoms with Gasteiger partial charge in [-0.05, 0) is 54.1 Å². The fraction of sp³-hybridized carbons (Fsp3) is 0.333. The number of hydrogen-bond donors (Lipinski definition) is 3. The first-order valence-corrected chi connectivity index (χ1v) is 8.04. The fourth-order valence-electron chi connectivity index (χ4n) is 2.39. The van der Waals surface area contributed by atoms with Crippen LogP contribution in [0.25, 0.3) is 0 Å². The summed E-state index contributed by atoms with van der Waals surface area (Å²) in [7, 11) is 1.37. The van der Waals surface area contributed by atoms with Crippen LogP contribution in [0.2, 0.25) is 0 Å². The van der Waals surface area contributed by atoms with Crippen LogP contribution in [0, 0.1) is 0 Å². The molecule has 1 fully saturated rings. The van der Waals surface area contributed by atoms with Crippen molar-refractivity contribution in [1.82, 2.24) is 9.69 Å². The second kappa shape index (κ2) is 5.97. The lowest BCUT2D eigenvalue weighted by Gasteiger charge is -2.13. The smallest absolute Gasteiger partial charge is 0.355 e. The third-order valence-electron chi connectivity index (χ3n) is 3.74. The van der Waals surface area contributed by atoms with E-state index in [0.717, 1.165) is 36.5 Å². The highest BCUT2D eigenvalue weighted by Crippen LogP contribution is 2.43. The molecule has 0 atom stereocenters. The van der Waals surface area contributed by atoms with E-state index in [4.69, 9.17) is 0 Å². The quantitative estimate of drug-likeness (QED) is 0.785. The van der Waals surface area contributed by atoms with Gasteiger partial charge >= 0.3 is 6.18 Å². The average Bonchev–Trinajstić information content (AvgIpc) is 3.31. The minimum absolute atomic E-state index is 0.135. The van der Waals surface area contributed by atoms with Crippen molar-refractivity contribution in [2.45, 2.75) is 24.9 Å². The standard InChI is InChI=1S/C15H14F3N3O2S/c1-19-12(22)11-13(23)21-24-14(11)20-10-5-8(7-2-3-7)4-9(6-10)15(16,17)18/h4-7,20H,2-3H2,1H3,(H,19,22)(H,21,23). The molecule has 1 amide bonds. The van der Waals surface area contributed by atoms with Crippen molar-refractivity contribution in [3.8, 4) is 0 Å². The first-order chi connectivity index (χ1) is 11.3. The number of alkyl halides is 3. The van der Waals surface area contributed by atoms with Crippen LogP contribution in [0.3, 0.4) is 0 Å².